The van der Waals surface area contributed by atoms with Gasteiger partial charge in [0.05, 0.1) is 12.1 Å². The van der Waals surface area contributed by atoms with Gasteiger partial charge < -0.3 is 0 Å². The summed E-state index contributed by atoms with van der Waals surface area (Å²) < 4.78 is 0. The fourth-order valence-corrected chi connectivity index (χ4v) is 5.57. The van der Waals surface area contributed by atoms with Crippen LogP contribution in [0.4, 0.5) is 0 Å². The van der Waals surface area contributed by atoms with Crippen molar-refractivity contribution in [3.63, 3.8) is 0 Å². The molecule has 4 unspecified atom stereocenters. The number of thioether (sulfide) groups is 2. The highest BCUT2D eigenvalue weighted by molar-refractivity contribution is 8.15. The summed E-state index contributed by atoms with van der Waals surface area (Å²) in [6.45, 7) is 4.46. The highest BCUT2D eigenvalue weighted by Gasteiger charge is 2.30. The molecule has 4 rings (SSSR count). The molecule has 29 heavy (non-hydrogen) atoms. The van der Waals surface area contributed by atoms with Crippen LogP contribution in [0.5, 0.6) is 0 Å². The lowest BCUT2D eigenvalue weighted by atomic mass is 10.0. The van der Waals surface area contributed by atoms with Crippen molar-refractivity contribution in [2.45, 2.75) is 55.7 Å². The Labute approximate surface area is 180 Å². The number of hydrogen-bond donors (Lipinski definition) is 2. The second-order valence-corrected chi connectivity index (χ2v) is 9.85. The zero-order chi connectivity index (χ0) is 20.1. The molecule has 0 bridgehead atoms. The van der Waals surface area contributed by atoms with Crippen molar-refractivity contribution < 1.29 is 0 Å². The topological polar surface area (TPSA) is 74.6 Å². The molecule has 6 nitrogen and oxygen atoms in total. The third kappa shape index (κ3) is 5.30. The van der Waals surface area contributed by atoms with Crippen molar-refractivity contribution in [2.75, 3.05) is 0 Å². The molecule has 2 aromatic heterocycles. The van der Waals surface area contributed by atoms with Crippen LogP contribution in [0.1, 0.15) is 31.4 Å². The van der Waals surface area contributed by atoms with Crippen LogP contribution in [0.15, 0.2) is 59.0 Å². The zero-order valence-electron chi connectivity index (χ0n) is 16.7. The molecule has 2 aromatic rings. The molecule has 0 saturated heterocycles. The molecule has 4 atom stereocenters. The van der Waals surface area contributed by atoms with Gasteiger partial charge in [0.1, 0.15) is 0 Å². The second-order valence-electron chi connectivity index (χ2n) is 7.26. The number of hydrogen-bond acceptors (Lipinski definition) is 8. The Morgan fingerprint density at radius 2 is 1.31 bits per heavy atom. The van der Waals surface area contributed by atoms with Crippen LogP contribution in [0.25, 0.3) is 0 Å². The van der Waals surface area contributed by atoms with Crippen LogP contribution in [-0.2, 0) is 12.8 Å². The lowest BCUT2D eigenvalue weighted by molar-refractivity contribution is 0.627. The van der Waals surface area contributed by atoms with E-state index in [1.54, 1.807) is 11.8 Å². The summed E-state index contributed by atoms with van der Waals surface area (Å²) in [5.74, 6) is 0. The van der Waals surface area contributed by atoms with Gasteiger partial charge in [0.2, 0.25) is 0 Å². The molecule has 2 aliphatic rings. The predicted molar refractivity (Wildman–Crippen MR) is 123 cm³/mol. The van der Waals surface area contributed by atoms with E-state index in [2.05, 4.69) is 58.9 Å². The van der Waals surface area contributed by atoms with Gasteiger partial charge in [-0.2, -0.15) is 0 Å². The summed E-state index contributed by atoms with van der Waals surface area (Å²) in [4.78, 5) is 18.0. The Balaban J connectivity index is 1.33. The van der Waals surface area contributed by atoms with Gasteiger partial charge in [0.25, 0.3) is 0 Å². The van der Waals surface area contributed by atoms with Crippen molar-refractivity contribution >= 4 is 33.9 Å². The van der Waals surface area contributed by atoms with Crippen LogP contribution in [0.2, 0.25) is 0 Å². The van der Waals surface area contributed by atoms with E-state index in [1.165, 1.54) is 11.1 Å². The molecule has 0 fully saturated rings. The molecule has 0 radical (unpaired) electrons. The first kappa shape index (κ1) is 20.2. The van der Waals surface area contributed by atoms with Crippen LogP contribution >= 0.6 is 23.5 Å². The van der Waals surface area contributed by atoms with Gasteiger partial charge in [-0.3, -0.25) is 30.8 Å². The molecular formula is C21H26N6S2. The molecule has 2 N–H and O–H groups in total. The minimum absolute atomic E-state index is 0.271. The third-order valence-corrected chi connectivity index (χ3v) is 7.66. The van der Waals surface area contributed by atoms with Crippen LogP contribution < -0.4 is 10.9 Å². The number of aromatic nitrogens is 2. The van der Waals surface area contributed by atoms with Gasteiger partial charge in [-0.25, -0.2) is 0 Å². The number of amidine groups is 2. The lowest BCUT2D eigenvalue weighted by Crippen LogP contribution is -2.38. The summed E-state index contributed by atoms with van der Waals surface area (Å²) in [5, 5.41) is 2.81. The molecular weight excluding hydrogens is 400 g/mol. The van der Waals surface area contributed by atoms with E-state index in [-0.39, 0.29) is 12.1 Å². The Morgan fingerprint density at radius 1 is 0.793 bits per heavy atom. The van der Waals surface area contributed by atoms with E-state index in [9.17, 15) is 0 Å². The Kier molecular flexibility index (Phi) is 6.71. The van der Waals surface area contributed by atoms with Gasteiger partial charge in [-0.1, -0.05) is 37.4 Å². The fourth-order valence-electron chi connectivity index (χ4n) is 3.52. The van der Waals surface area contributed by atoms with E-state index in [0.717, 1.165) is 29.6 Å². The number of hydrazine groups is 1. The summed E-state index contributed by atoms with van der Waals surface area (Å²) in [6, 6.07) is 8.83. The normalized spacial score (nSPS) is 26.1. The summed E-state index contributed by atoms with van der Waals surface area (Å²) in [6.07, 6.45) is 10.4. The Morgan fingerprint density at radius 3 is 1.90 bits per heavy atom. The molecule has 0 aliphatic carbocycles. The average Bonchev–Trinajstić information content (AvgIpc) is 3.30. The summed E-state index contributed by atoms with van der Waals surface area (Å²) >= 11 is 3.59. The lowest BCUT2D eigenvalue weighted by Gasteiger charge is -2.14. The maximum atomic E-state index is 4.92. The van der Waals surface area contributed by atoms with Crippen molar-refractivity contribution in [1.29, 1.82) is 0 Å². The van der Waals surface area contributed by atoms with E-state index in [4.69, 9.17) is 9.98 Å². The van der Waals surface area contributed by atoms with Gasteiger partial charge in [0, 0.05) is 35.3 Å². The minimum Gasteiger partial charge on any atom is -0.277 e. The standard InChI is InChI=1S/C21H26N6S2/c1-3-19-18(13-16-6-10-23-11-7-16)25-21(29-19)27-26-20-24-17(14(2)28-20)12-15-4-8-22-9-5-15/h4-11,14,17-19H,3,12-13H2,1-2H3,(H,24,26)(H,25,27). The van der Waals surface area contributed by atoms with Crippen molar-refractivity contribution in [3.05, 3.63) is 60.2 Å². The number of rotatable bonds is 5. The summed E-state index contributed by atoms with van der Waals surface area (Å²) in [5.41, 5.74) is 9.14. The van der Waals surface area contributed by atoms with Crippen LogP contribution in [0.3, 0.4) is 0 Å². The Bertz CT molecular complexity index is 858. The SMILES string of the molecule is CCC1SC(NNC2=NC(Cc3ccncc3)C(C)S2)=NC1Cc1ccncc1. The van der Waals surface area contributed by atoms with E-state index >= 15 is 0 Å². The molecule has 0 aromatic carbocycles. The van der Waals surface area contributed by atoms with Gasteiger partial charge in [0.15, 0.2) is 10.3 Å². The molecule has 2 aliphatic heterocycles. The van der Waals surface area contributed by atoms with Crippen molar-refractivity contribution in [3.8, 4) is 0 Å². The molecule has 0 amide bonds. The maximum Gasteiger partial charge on any atom is 0.176 e. The molecule has 8 heteroatoms. The van der Waals surface area contributed by atoms with Crippen LogP contribution in [0, 0.1) is 0 Å². The van der Waals surface area contributed by atoms with E-state index in [0.29, 0.717) is 10.5 Å². The first-order valence-corrected chi connectivity index (χ1v) is 11.8. The predicted octanol–water partition coefficient (Wildman–Crippen LogP) is 3.47. The molecule has 0 spiro atoms. The van der Waals surface area contributed by atoms with Crippen LogP contribution in [-0.4, -0.2) is 42.9 Å². The largest absolute Gasteiger partial charge is 0.277 e. The molecule has 152 valence electrons. The average molecular weight is 427 g/mol. The van der Waals surface area contributed by atoms with Gasteiger partial charge >= 0.3 is 0 Å². The molecule has 4 heterocycles. The summed E-state index contributed by atoms with van der Waals surface area (Å²) in [7, 11) is 0. The number of aliphatic imine (C=N–C) groups is 2. The van der Waals surface area contributed by atoms with Crippen molar-refractivity contribution in [1.82, 2.24) is 20.8 Å². The first-order chi connectivity index (χ1) is 14.2. The van der Waals surface area contributed by atoms with Gasteiger partial charge in [-0.05, 0) is 54.7 Å². The first-order valence-electron chi connectivity index (χ1n) is 10.00. The minimum atomic E-state index is 0.271. The smallest absolute Gasteiger partial charge is 0.176 e. The number of pyridine rings is 2. The number of nitrogens with one attached hydrogen (secondary N) is 2. The zero-order valence-corrected chi connectivity index (χ0v) is 18.3. The van der Waals surface area contributed by atoms with Gasteiger partial charge in [-0.15, -0.1) is 0 Å². The quantitative estimate of drug-likeness (QED) is 0.713. The molecule has 0 saturated carbocycles. The number of nitrogens with zero attached hydrogens (tertiary/aromatic N) is 4. The highest BCUT2D eigenvalue weighted by atomic mass is 32.2. The third-order valence-electron chi connectivity index (χ3n) is 5.16. The van der Waals surface area contributed by atoms with E-state index in [1.807, 2.05) is 36.5 Å². The highest BCUT2D eigenvalue weighted by Crippen LogP contribution is 2.31. The fraction of sp³-hybridized carbons (Fsp3) is 0.429. The maximum absolute atomic E-state index is 4.92. The monoisotopic (exact) mass is 426 g/mol. The second kappa shape index (κ2) is 9.63. The van der Waals surface area contributed by atoms with E-state index < -0.39 is 0 Å². The Hall–Kier alpha value is -2.06. The van der Waals surface area contributed by atoms with Crippen molar-refractivity contribution in [2.24, 2.45) is 9.98 Å².